The van der Waals surface area contributed by atoms with Gasteiger partial charge in [-0.25, -0.2) is 22.4 Å². The highest BCUT2D eigenvalue weighted by Gasteiger charge is 2.41. The highest BCUT2D eigenvalue weighted by atomic mass is 35.5. The van der Waals surface area contributed by atoms with Crippen molar-refractivity contribution in [2.75, 3.05) is 0 Å². The molecule has 0 saturated heterocycles. The Labute approximate surface area is 178 Å². The normalized spacial score (nSPS) is 19.5. The van der Waals surface area contributed by atoms with E-state index in [2.05, 4.69) is 9.97 Å². The van der Waals surface area contributed by atoms with Crippen LogP contribution in [0.1, 0.15) is 24.6 Å². The number of aromatic nitrogens is 3. The van der Waals surface area contributed by atoms with E-state index in [9.17, 15) is 13.5 Å². The molecule has 0 amide bonds. The van der Waals surface area contributed by atoms with E-state index >= 15 is 0 Å². The van der Waals surface area contributed by atoms with Gasteiger partial charge in [-0.05, 0) is 48.2 Å². The first-order valence-electron chi connectivity index (χ1n) is 8.78. The van der Waals surface area contributed by atoms with Crippen LogP contribution in [0.15, 0.2) is 54.9 Å². The van der Waals surface area contributed by atoms with E-state index in [0.717, 1.165) is 5.39 Å². The molecule has 1 aromatic carbocycles. The average molecular weight is 450 g/mol. The minimum absolute atomic E-state index is 0.0392. The number of nitrogens with zero attached hydrogens (tertiary/aromatic N) is 3. The standard InChI is InChI=1S/C20H17Cl2N3O3S/c1-20(7-2-3-15(10-20)18-16(21)11-23-19(22)24-18)29(27,28)25-8-6-14-5-4-13(12-26)9-17(14)25/h2-9,11,26H,10,12H2,1H3. The molecule has 2 aromatic heterocycles. The minimum atomic E-state index is -3.85. The number of hydrogen-bond acceptors (Lipinski definition) is 5. The number of benzene rings is 1. The van der Waals surface area contributed by atoms with Gasteiger partial charge in [0.2, 0.25) is 15.3 Å². The molecule has 1 atom stereocenters. The largest absolute Gasteiger partial charge is 0.392 e. The van der Waals surface area contributed by atoms with E-state index < -0.39 is 14.8 Å². The molecule has 0 spiro atoms. The molecule has 0 aliphatic heterocycles. The Hall–Kier alpha value is -2.19. The van der Waals surface area contributed by atoms with Gasteiger partial charge in [0.15, 0.2) is 0 Å². The fourth-order valence-electron chi connectivity index (χ4n) is 3.46. The van der Waals surface area contributed by atoms with Crippen LogP contribution in [0.3, 0.4) is 0 Å². The lowest BCUT2D eigenvalue weighted by Crippen LogP contribution is -2.38. The van der Waals surface area contributed by atoms with E-state index in [1.165, 1.54) is 16.4 Å². The molecule has 3 aromatic rings. The van der Waals surface area contributed by atoms with Gasteiger partial charge < -0.3 is 5.11 Å². The van der Waals surface area contributed by atoms with E-state index in [1.54, 1.807) is 49.4 Å². The third-order valence-electron chi connectivity index (χ3n) is 5.06. The monoisotopic (exact) mass is 449 g/mol. The van der Waals surface area contributed by atoms with Gasteiger partial charge in [-0.2, -0.15) is 0 Å². The maximum atomic E-state index is 13.6. The SMILES string of the molecule is CC1(S(=O)(=O)n2ccc3ccc(CO)cc32)C=CC=C(c2nc(Cl)ncc2Cl)C1. The zero-order valence-electron chi connectivity index (χ0n) is 15.4. The van der Waals surface area contributed by atoms with E-state index in [-0.39, 0.29) is 18.3 Å². The van der Waals surface area contributed by atoms with Crippen molar-refractivity contribution in [2.24, 2.45) is 0 Å². The number of fused-ring (bicyclic) bond motifs is 1. The van der Waals surface area contributed by atoms with Crippen LogP contribution in [0.2, 0.25) is 10.3 Å². The molecule has 1 aliphatic rings. The molecule has 4 rings (SSSR count). The molecule has 29 heavy (non-hydrogen) atoms. The van der Waals surface area contributed by atoms with Crippen molar-refractivity contribution in [1.29, 1.82) is 0 Å². The van der Waals surface area contributed by atoms with Crippen LogP contribution in [-0.4, -0.2) is 32.2 Å². The highest BCUT2D eigenvalue weighted by Crippen LogP contribution is 2.38. The fourth-order valence-corrected chi connectivity index (χ4v) is 5.48. The van der Waals surface area contributed by atoms with Gasteiger partial charge in [0.05, 0.1) is 29.0 Å². The Morgan fingerprint density at radius 3 is 2.83 bits per heavy atom. The summed E-state index contributed by atoms with van der Waals surface area (Å²) in [7, 11) is -3.85. The van der Waals surface area contributed by atoms with Gasteiger partial charge in [-0.15, -0.1) is 0 Å². The Kier molecular flexibility index (Phi) is 5.02. The van der Waals surface area contributed by atoms with Crippen LogP contribution in [0, 0.1) is 0 Å². The zero-order chi connectivity index (χ0) is 20.8. The molecule has 6 nitrogen and oxygen atoms in total. The summed E-state index contributed by atoms with van der Waals surface area (Å²) in [5, 5.41) is 10.5. The lowest BCUT2D eigenvalue weighted by Gasteiger charge is -2.30. The van der Waals surface area contributed by atoms with Crippen molar-refractivity contribution in [3.8, 4) is 0 Å². The summed E-state index contributed by atoms with van der Waals surface area (Å²) in [4.78, 5) is 8.01. The second kappa shape index (κ2) is 7.25. The van der Waals surface area contributed by atoms with Gasteiger partial charge in [-0.1, -0.05) is 42.0 Å². The van der Waals surface area contributed by atoms with Crippen LogP contribution in [-0.2, 0) is 16.6 Å². The average Bonchev–Trinajstić information content (AvgIpc) is 3.13. The molecule has 0 fully saturated rings. The third kappa shape index (κ3) is 3.38. The molecule has 0 saturated carbocycles. The van der Waals surface area contributed by atoms with Gasteiger partial charge in [0.1, 0.15) is 4.75 Å². The topological polar surface area (TPSA) is 85.1 Å². The number of aliphatic hydroxyl groups is 1. The van der Waals surface area contributed by atoms with Crippen molar-refractivity contribution in [3.05, 3.63) is 76.5 Å². The molecule has 0 radical (unpaired) electrons. The summed E-state index contributed by atoms with van der Waals surface area (Å²) in [5.41, 5.74) is 2.23. The summed E-state index contributed by atoms with van der Waals surface area (Å²) in [6, 6.07) is 6.98. The van der Waals surface area contributed by atoms with Crippen LogP contribution in [0.4, 0.5) is 0 Å². The van der Waals surface area contributed by atoms with Gasteiger partial charge >= 0.3 is 0 Å². The summed E-state index contributed by atoms with van der Waals surface area (Å²) in [6.07, 6.45) is 8.22. The van der Waals surface area contributed by atoms with Gasteiger partial charge in [0.25, 0.3) is 0 Å². The molecule has 9 heteroatoms. The van der Waals surface area contributed by atoms with Crippen LogP contribution in [0.5, 0.6) is 0 Å². The lowest BCUT2D eigenvalue weighted by molar-refractivity contribution is 0.282. The predicted molar refractivity (Wildman–Crippen MR) is 114 cm³/mol. The lowest BCUT2D eigenvalue weighted by atomic mass is 9.93. The second-order valence-electron chi connectivity index (χ2n) is 7.04. The van der Waals surface area contributed by atoms with Crippen molar-refractivity contribution in [1.82, 2.24) is 13.9 Å². The Morgan fingerprint density at radius 2 is 2.07 bits per heavy atom. The molecule has 0 bridgehead atoms. The molecule has 1 N–H and O–H groups in total. The van der Waals surface area contributed by atoms with Crippen molar-refractivity contribution in [2.45, 2.75) is 24.7 Å². The smallest absolute Gasteiger partial charge is 0.248 e. The maximum absolute atomic E-state index is 13.6. The van der Waals surface area contributed by atoms with Gasteiger partial charge in [-0.3, -0.25) is 0 Å². The molecule has 1 aliphatic carbocycles. The molecular weight excluding hydrogens is 433 g/mol. The Bertz CT molecular complexity index is 1280. The van der Waals surface area contributed by atoms with Crippen molar-refractivity contribution < 1.29 is 13.5 Å². The zero-order valence-corrected chi connectivity index (χ0v) is 17.7. The van der Waals surface area contributed by atoms with Crippen molar-refractivity contribution >= 4 is 49.7 Å². The molecule has 1 unspecified atom stereocenters. The minimum Gasteiger partial charge on any atom is -0.392 e. The second-order valence-corrected chi connectivity index (χ2v) is 10.1. The number of allylic oxidation sites excluding steroid dienone is 3. The van der Waals surface area contributed by atoms with Crippen LogP contribution >= 0.6 is 23.2 Å². The summed E-state index contributed by atoms with van der Waals surface area (Å²) in [5.74, 6) is 0. The summed E-state index contributed by atoms with van der Waals surface area (Å²) < 4.78 is 27.3. The third-order valence-corrected chi connectivity index (χ3v) is 7.81. The summed E-state index contributed by atoms with van der Waals surface area (Å²) >= 11 is 12.1. The quantitative estimate of drug-likeness (QED) is 0.602. The van der Waals surface area contributed by atoms with Crippen molar-refractivity contribution in [3.63, 3.8) is 0 Å². The Morgan fingerprint density at radius 1 is 1.28 bits per heavy atom. The highest BCUT2D eigenvalue weighted by molar-refractivity contribution is 7.91. The first-order chi connectivity index (χ1) is 13.7. The van der Waals surface area contributed by atoms with E-state index in [4.69, 9.17) is 23.2 Å². The number of halogens is 2. The fraction of sp³-hybridized carbons (Fsp3) is 0.200. The summed E-state index contributed by atoms with van der Waals surface area (Å²) in [6.45, 7) is 1.49. The first-order valence-corrected chi connectivity index (χ1v) is 11.0. The Balaban J connectivity index is 1.79. The predicted octanol–water partition coefficient (Wildman–Crippen LogP) is 4.21. The maximum Gasteiger partial charge on any atom is 0.248 e. The molecule has 2 heterocycles. The number of aliphatic hydroxyl groups excluding tert-OH is 1. The number of hydrogen-bond donors (Lipinski definition) is 1. The molecule has 150 valence electrons. The molecular formula is C20H17Cl2N3O3S. The van der Waals surface area contributed by atoms with Crippen LogP contribution < -0.4 is 0 Å². The van der Waals surface area contributed by atoms with Crippen LogP contribution in [0.25, 0.3) is 16.5 Å². The van der Waals surface area contributed by atoms with E-state index in [1.807, 2.05) is 0 Å². The first kappa shape index (κ1) is 20.1. The van der Waals surface area contributed by atoms with Gasteiger partial charge in [0, 0.05) is 11.6 Å². The van der Waals surface area contributed by atoms with E-state index in [0.29, 0.717) is 27.4 Å². The number of rotatable bonds is 4.